The van der Waals surface area contributed by atoms with E-state index in [1.807, 2.05) is 0 Å². The molecule has 0 aliphatic heterocycles. The minimum atomic E-state index is -4.22. The van der Waals surface area contributed by atoms with E-state index >= 15 is 0 Å². The van der Waals surface area contributed by atoms with Gasteiger partial charge in [-0.15, -0.1) is 0 Å². The summed E-state index contributed by atoms with van der Waals surface area (Å²) in [5, 5.41) is 2.85. The first-order valence-electron chi connectivity index (χ1n) is 7.02. The maximum atomic E-state index is 13.9. The van der Waals surface area contributed by atoms with Crippen molar-refractivity contribution in [3.63, 3.8) is 0 Å². The van der Waals surface area contributed by atoms with Crippen molar-refractivity contribution >= 4 is 0 Å². The highest BCUT2D eigenvalue weighted by Crippen LogP contribution is 2.44. The van der Waals surface area contributed by atoms with Crippen molar-refractivity contribution < 1.29 is 22.0 Å². The van der Waals surface area contributed by atoms with E-state index in [9.17, 15) is 22.0 Å². The molecule has 3 atom stereocenters. The summed E-state index contributed by atoms with van der Waals surface area (Å²) >= 11 is 0. The molecule has 1 aliphatic rings. The molecule has 0 bridgehead atoms. The molecule has 0 aromatic heterocycles. The zero-order chi connectivity index (χ0) is 15.6. The van der Waals surface area contributed by atoms with E-state index < -0.39 is 29.8 Å². The minimum Gasteiger partial charge on any atom is -0.313 e. The van der Waals surface area contributed by atoms with E-state index in [0.717, 1.165) is 18.2 Å². The molecule has 2 rings (SSSR count). The topological polar surface area (TPSA) is 12.0 Å². The second-order valence-electron chi connectivity index (χ2n) is 5.60. The van der Waals surface area contributed by atoms with Gasteiger partial charge in [0, 0.05) is 11.6 Å². The van der Waals surface area contributed by atoms with Gasteiger partial charge < -0.3 is 5.32 Å². The number of rotatable bonds is 3. The van der Waals surface area contributed by atoms with Crippen LogP contribution in [0.2, 0.25) is 0 Å². The van der Waals surface area contributed by atoms with Gasteiger partial charge in [0.25, 0.3) is 0 Å². The Morgan fingerprint density at radius 2 is 1.90 bits per heavy atom. The van der Waals surface area contributed by atoms with E-state index in [2.05, 4.69) is 5.32 Å². The second kappa shape index (κ2) is 6.30. The molecule has 118 valence electrons. The van der Waals surface area contributed by atoms with Crippen molar-refractivity contribution in [3.05, 3.63) is 35.4 Å². The summed E-state index contributed by atoms with van der Waals surface area (Å²) in [6, 6.07) is 2.48. The van der Waals surface area contributed by atoms with Crippen molar-refractivity contribution in [3.8, 4) is 0 Å². The molecular weight excluding hydrogens is 289 g/mol. The Hall–Kier alpha value is -1.17. The highest BCUT2D eigenvalue weighted by molar-refractivity contribution is 5.23. The van der Waals surface area contributed by atoms with Crippen LogP contribution in [0.15, 0.2) is 18.2 Å². The van der Waals surface area contributed by atoms with Crippen LogP contribution in [0.5, 0.6) is 0 Å². The average Bonchev–Trinajstić information content (AvgIpc) is 2.43. The molecule has 1 fully saturated rings. The monoisotopic (exact) mass is 307 g/mol. The Balaban J connectivity index is 2.23. The minimum absolute atomic E-state index is 0.0506. The van der Waals surface area contributed by atoms with Gasteiger partial charge in [0.15, 0.2) is 0 Å². The molecule has 0 saturated heterocycles. The lowest BCUT2D eigenvalue weighted by Crippen LogP contribution is -2.35. The lowest BCUT2D eigenvalue weighted by molar-refractivity contribution is -0.186. The lowest BCUT2D eigenvalue weighted by atomic mass is 9.75. The fourth-order valence-electron chi connectivity index (χ4n) is 3.23. The molecule has 1 N–H and O–H groups in total. The van der Waals surface area contributed by atoms with Crippen molar-refractivity contribution in [2.75, 3.05) is 7.05 Å². The summed E-state index contributed by atoms with van der Waals surface area (Å²) in [5.74, 6) is -2.89. The molecular formula is C15H18F5N. The third-order valence-electron chi connectivity index (χ3n) is 4.25. The summed E-state index contributed by atoms with van der Waals surface area (Å²) < 4.78 is 65.8. The van der Waals surface area contributed by atoms with Gasteiger partial charge in [0.2, 0.25) is 0 Å². The molecule has 1 aromatic rings. The average molecular weight is 307 g/mol. The van der Waals surface area contributed by atoms with Crippen molar-refractivity contribution in [1.29, 1.82) is 0 Å². The van der Waals surface area contributed by atoms with Gasteiger partial charge >= 0.3 is 6.18 Å². The van der Waals surface area contributed by atoms with Crippen LogP contribution in [0.25, 0.3) is 0 Å². The molecule has 0 spiro atoms. The standard InChI is InChI=1S/C15H18F5N/c1-21-14(12-8-11(16)5-6-13(12)17)9-3-2-4-10(7-9)15(18,19)20/h5-6,8-10,14,21H,2-4,7H2,1H3. The fourth-order valence-corrected chi connectivity index (χ4v) is 3.23. The first kappa shape index (κ1) is 16.2. The summed E-state index contributed by atoms with van der Waals surface area (Å²) in [6.07, 6.45) is -3.14. The Morgan fingerprint density at radius 1 is 1.19 bits per heavy atom. The molecule has 1 saturated carbocycles. The van der Waals surface area contributed by atoms with Gasteiger partial charge in [0.1, 0.15) is 11.6 Å². The summed E-state index contributed by atoms with van der Waals surface area (Å²) in [6.45, 7) is 0. The van der Waals surface area contributed by atoms with Crippen LogP contribution < -0.4 is 5.32 Å². The third kappa shape index (κ3) is 3.73. The van der Waals surface area contributed by atoms with Gasteiger partial charge in [0.05, 0.1) is 5.92 Å². The fraction of sp³-hybridized carbons (Fsp3) is 0.600. The van der Waals surface area contributed by atoms with E-state index in [0.29, 0.717) is 12.8 Å². The summed E-state index contributed by atoms with van der Waals surface area (Å²) in [4.78, 5) is 0. The van der Waals surface area contributed by atoms with Crippen LogP contribution >= 0.6 is 0 Å². The predicted octanol–water partition coefficient (Wildman–Crippen LogP) is 4.59. The SMILES string of the molecule is CNC(c1cc(F)ccc1F)C1CCCC(C(F)(F)F)C1. The third-order valence-corrected chi connectivity index (χ3v) is 4.25. The second-order valence-corrected chi connectivity index (χ2v) is 5.60. The Labute approximate surface area is 120 Å². The van der Waals surface area contributed by atoms with Crippen LogP contribution in [0.3, 0.4) is 0 Å². The summed E-state index contributed by atoms with van der Waals surface area (Å²) in [5.41, 5.74) is 0.102. The Morgan fingerprint density at radius 3 is 2.52 bits per heavy atom. The molecule has 1 nitrogen and oxygen atoms in total. The van der Waals surface area contributed by atoms with Crippen molar-refractivity contribution in [1.82, 2.24) is 5.32 Å². The lowest BCUT2D eigenvalue weighted by Gasteiger charge is -2.35. The van der Waals surface area contributed by atoms with Gasteiger partial charge in [-0.3, -0.25) is 0 Å². The van der Waals surface area contributed by atoms with E-state index in [4.69, 9.17) is 0 Å². The number of hydrogen-bond donors (Lipinski definition) is 1. The first-order chi connectivity index (χ1) is 9.82. The van der Waals surface area contributed by atoms with Gasteiger partial charge in [-0.25, -0.2) is 8.78 Å². The van der Waals surface area contributed by atoms with Gasteiger partial charge in [-0.2, -0.15) is 13.2 Å². The van der Waals surface area contributed by atoms with Crippen molar-refractivity contribution in [2.24, 2.45) is 11.8 Å². The molecule has 0 heterocycles. The Kier molecular flexibility index (Phi) is 4.86. The molecule has 6 heteroatoms. The number of nitrogens with one attached hydrogen (secondary N) is 1. The summed E-state index contributed by atoms with van der Waals surface area (Å²) in [7, 11) is 1.56. The number of hydrogen-bond acceptors (Lipinski definition) is 1. The van der Waals surface area contributed by atoms with Crippen LogP contribution in [0.1, 0.15) is 37.3 Å². The van der Waals surface area contributed by atoms with Gasteiger partial charge in [-0.05, 0) is 50.4 Å². The predicted molar refractivity (Wildman–Crippen MR) is 69.7 cm³/mol. The van der Waals surface area contributed by atoms with Crippen LogP contribution in [-0.4, -0.2) is 13.2 Å². The first-order valence-corrected chi connectivity index (χ1v) is 7.02. The molecule has 0 amide bonds. The molecule has 0 radical (unpaired) electrons. The largest absolute Gasteiger partial charge is 0.391 e. The van der Waals surface area contributed by atoms with Crippen LogP contribution in [0, 0.1) is 23.5 Å². The zero-order valence-electron chi connectivity index (χ0n) is 11.7. The molecule has 1 aliphatic carbocycles. The van der Waals surface area contributed by atoms with Crippen molar-refractivity contribution in [2.45, 2.75) is 37.9 Å². The van der Waals surface area contributed by atoms with Gasteiger partial charge in [-0.1, -0.05) is 6.42 Å². The van der Waals surface area contributed by atoms with Crippen LogP contribution in [0.4, 0.5) is 22.0 Å². The Bertz CT molecular complexity index is 485. The number of benzene rings is 1. The highest BCUT2D eigenvalue weighted by atomic mass is 19.4. The smallest absolute Gasteiger partial charge is 0.313 e. The van der Waals surface area contributed by atoms with E-state index in [-0.39, 0.29) is 24.3 Å². The molecule has 21 heavy (non-hydrogen) atoms. The quantitative estimate of drug-likeness (QED) is 0.805. The van der Waals surface area contributed by atoms with E-state index in [1.54, 1.807) is 7.05 Å². The highest BCUT2D eigenvalue weighted by Gasteiger charge is 2.43. The maximum Gasteiger partial charge on any atom is 0.391 e. The van der Waals surface area contributed by atoms with E-state index in [1.165, 1.54) is 0 Å². The molecule has 1 aromatic carbocycles. The molecule has 3 unspecified atom stereocenters. The number of alkyl halides is 3. The maximum absolute atomic E-state index is 13.9. The number of halogens is 5. The zero-order valence-corrected chi connectivity index (χ0v) is 11.7. The van der Waals surface area contributed by atoms with Crippen LogP contribution in [-0.2, 0) is 0 Å². The normalized spacial score (nSPS) is 24.9.